The topological polar surface area (TPSA) is 21.3 Å². The Kier molecular flexibility index (Phi) is 2.20. The van der Waals surface area contributed by atoms with E-state index in [0.29, 0.717) is 6.61 Å². The highest BCUT2D eigenvalue weighted by Crippen LogP contribution is 2.25. The predicted octanol–water partition coefficient (Wildman–Crippen LogP) is 1.63. The lowest BCUT2D eigenvalue weighted by Crippen LogP contribution is -2.19. The largest absolute Gasteiger partial charge is 0.360 e. The highest BCUT2D eigenvalue weighted by atomic mass is 16.5. The first kappa shape index (κ1) is 8.15. The van der Waals surface area contributed by atoms with Crippen LogP contribution in [0.15, 0.2) is 24.3 Å². The van der Waals surface area contributed by atoms with Gasteiger partial charge in [-0.25, -0.2) is 0 Å². The summed E-state index contributed by atoms with van der Waals surface area (Å²) in [6, 6.07) is 8.19. The molecule has 1 N–H and O–H groups in total. The molecule has 0 aromatic heterocycles. The summed E-state index contributed by atoms with van der Waals surface area (Å²) in [6.45, 7) is 0.367. The summed E-state index contributed by atoms with van der Waals surface area (Å²) in [5, 5.41) is 3.25. The van der Waals surface area contributed by atoms with E-state index in [9.17, 15) is 0 Å². The third-order valence-corrected chi connectivity index (χ3v) is 2.11. The van der Waals surface area contributed by atoms with Gasteiger partial charge >= 0.3 is 0 Å². The number of hydrogen-bond donors (Lipinski definition) is 1. The molecule has 0 fully saturated rings. The van der Waals surface area contributed by atoms with Crippen molar-refractivity contribution in [1.29, 1.82) is 0 Å². The van der Waals surface area contributed by atoms with Crippen molar-refractivity contribution in [2.45, 2.75) is 12.6 Å². The van der Waals surface area contributed by atoms with Crippen molar-refractivity contribution >= 4 is 5.69 Å². The van der Waals surface area contributed by atoms with Gasteiger partial charge in [0, 0.05) is 12.1 Å². The fraction of sp³-hybridized carbons (Fsp3) is 0.273. The molecule has 0 saturated carbocycles. The van der Waals surface area contributed by atoms with E-state index in [1.54, 1.807) is 0 Å². The van der Waals surface area contributed by atoms with E-state index < -0.39 is 0 Å². The van der Waals surface area contributed by atoms with E-state index in [1.807, 2.05) is 12.1 Å². The lowest BCUT2D eigenvalue weighted by atomic mass is 10.2. The molecule has 0 radical (unpaired) electrons. The Balaban J connectivity index is 2.02. The summed E-state index contributed by atoms with van der Waals surface area (Å²) < 4.78 is 5.39. The molecule has 66 valence electrons. The Morgan fingerprint density at radius 1 is 1.54 bits per heavy atom. The molecule has 1 aliphatic heterocycles. The van der Waals surface area contributed by atoms with Crippen molar-refractivity contribution in [3.63, 3.8) is 0 Å². The lowest BCUT2D eigenvalue weighted by molar-refractivity contribution is 0.105. The van der Waals surface area contributed by atoms with Crippen LogP contribution in [0.2, 0.25) is 0 Å². The summed E-state index contributed by atoms with van der Waals surface area (Å²) in [5.41, 5.74) is 2.45. The first-order valence-electron chi connectivity index (χ1n) is 4.29. The lowest BCUT2D eigenvalue weighted by Gasteiger charge is -2.09. The van der Waals surface area contributed by atoms with Gasteiger partial charge < -0.3 is 10.1 Å². The summed E-state index contributed by atoms with van der Waals surface area (Å²) in [6.07, 6.45) is 6.06. The maximum atomic E-state index is 5.39. The molecule has 0 amide bonds. The number of nitrogens with one attached hydrogen (secondary N) is 1. The van der Waals surface area contributed by atoms with Crippen molar-refractivity contribution < 1.29 is 4.74 Å². The zero-order valence-electron chi connectivity index (χ0n) is 7.29. The van der Waals surface area contributed by atoms with E-state index in [4.69, 9.17) is 11.2 Å². The molecule has 0 spiro atoms. The summed E-state index contributed by atoms with van der Waals surface area (Å²) >= 11 is 0. The summed E-state index contributed by atoms with van der Waals surface area (Å²) in [5.74, 6) is 2.46. The van der Waals surface area contributed by atoms with Gasteiger partial charge in [0.25, 0.3) is 0 Å². The minimum atomic E-state index is 0.0495. The molecule has 0 bridgehead atoms. The fourth-order valence-corrected chi connectivity index (χ4v) is 1.51. The van der Waals surface area contributed by atoms with Crippen LogP contribution in [-0.4, -0.2) is 12.8 Å². The normalized spacial score (nSPS) is 18.8. The summed E-state index contributed by atoms with van der Waals surface area (Å²) in [7, 11) is 0. The highest BCUT2D eigenvalue weighted by Gasteiger charge is 2.19. The number of ether oxygens (including phenoxy) is 1. The number of hydrogen-bond acceptors (Lipinski definition) is 2. The van der Waals surface area contributed by atoms with Gasteiger partial charge in [0.05, 0.1) is 0 Å². The zero-order valence-corrected chi connectivity index (χ0v) is 7.29. The minimum absolute atomic E-state index is 0.0495. The minimum Gasteiger partial charge on any atom is -0.360 e. The van der Waals surface area contributed by atoms with E-state index in [2.05, 4.69) is 23.4 Å². The smallest absolute Gasteiger partial charge is 0.133 e. The number of rotatable bonds is 2. The van der Waals surface area contributed by atoms with Gasteiger partial charge in [0.1, 0.15) is 12.8 Å². The Labute approximate surface area is 77.9 Å². The molecular weight excluding hydrogens is 162 g/mol. The van der Waals surface area contributed by atoms with E-state index in [1.165, 1.54) is 5.56 Å². The van der Waals surface area contributed by atoms with Crippen LogP contribution in [0.3, 0.4) is 0 Å². The summed E-state index contributed by atoms with van der Waals surface area (Å²) in [4.78, 5) is 0. The number of fused-ring (bicyclic) bond motifs is 1. The van der Waals surface area contributed by atoms with Crippen LogP contribution < -0.4 is 5.32 Å². The first-order valence-corrected chi connectivity index (χ1v) is 4.29. The molecule has 0 saturated heterocycles. The molecule has 2 heteroatoms. The average molecular weight is 173 g/mol. The van der Waals surface area contributed by atoms with Gasteiger partial charge in [-0.05, 0) is 11.6 Å². The maximum Gasteiger partial charge on any atom is 0.133 e. The van der Waals surface area contributed by atoms with Crippen LogP contribution >= 0.6 is 0 Å². The maximum absolute atomic E-state index is 5.39. The molecule has 1 aromatic rings. The second-order valence-electron chi connectivity index (χ2n) is 3.01. The molecule has 1 aromatic carbocycles. The number of benzene rings is 1. The van der Waals surface area contributed by atoms with Crippen molar-refractivity contribution in [1.82, 2.24) is 0 Å². The van der Waals surface area contributed by atoms with Crippen molar-refractivity contribution in [2.75, 3.05) is 11.9 Å². The highest BCUT2D eigenvalue weighted by molar-refractivity contribution is 5.55. The quantitative estimate of drug-likeness (QED) is 0.686. The molecule has 2 nitrogen and oxygen atoms in total. The third kappa shape index (κ3) is 1.66. The molecular formula is C11H11NO. The molecule has 13 heavy (non-hydrogen) atoms. The monoisotopic (exact) mass is 173 g/mol. The van der Waals surface area contributed by atoms with E-state index in [0.717, 1.165) is 12.1 Å². The predicted molar refractivity (Wildman–Crippen MR) is 52.3 cm³/mol. The van der Waals surface area contributed by atoms with Crippen molar-refractivity contribution in [3.05, 3.63) is 29.8 Å². The third-order valence-electron chi connectivity index (χ3n) is 2.11. The second kappa shape index (κ2) is 3.51. The van der Waals surface area contributed by atoms with E-state index >= 15 is 0 Å². The van der Waals surface area contributed by atoms with Crippen molar-refractivity contribution in [3.8, 4) is 12.3 Å². The number of anilines is 1. The SMILES string of the molecule is C#CCOC1Cc2ccccc2N1. The van der Waals surface area contributed by atoms with Crippen LogP contribution in [0.5, 0.6) is 0 Å². The Hall–Kier alpha value is -1.46. The van der Waals surface area contributed by atoms with Crippen molar-refractivity contribution in [2.24, 2.45) is 0 Å². The number of para-hydroxylation sites is 1. The van der Waals surface area contributed by atoms with Gasteiger partial charge in [-0.2, -0.15) is 0 Å². The number of terminal acetylenes is 1. The van der Waals surface area contributed by atoms with Gasteiger partial charge in [0.2, 0.25) is 0 Å². The Bertz CT molecular complexity index is 315. The Morgan fingerprint density at radius 3 is 3.15 bits per heavy atom. The molecule has 0 aliphatic carbocycles. The van der Waals surface area contributed by atoms with Crippen LogP contribution in [0.4, 0.5) is 5.69 Å². The van der Waals surface area contributed by atoms with Crippen LogP contribution in [0.1, 0.15) is 5.56 Å². The van der Waals surface area contributed by atoms with Crippen LogP contribution in [-0.2, 0) is 11.2 Å². The molecule has 1 atom stereocenters. The van der Waals surface area contributed by atoms with Gasteiger partial charge in [-0.15, -0.1) is 6.42 Å². The van der Waals surface area contributed by atoms with Gasteiger partial charge in [-0.1, -0.05) is 24.1 Å². The molecule has 1 aliphatic rings. The zero-order chi connectivity index (χ0) is 9.10. The van der Waals surface area contributed by atoms with Gasteiger partial charge in [0.15, 0.2) is 0 Å². The standard InChI is InChI=1S/C11H11NO/c1-2-7-13-11-8-9-5-3-4-6-10(9)12-11/h1,3-6,11-12H,7-8H2. The van der Waals surface area contributed by atoms with Crippen LogP contribution in [0.25, 0.3) is 0 Å². The van der Waals surface area contributed by atoms with E-state index in [-0.39, 0.29) is 6.23 Å². The molecule has 1 heterocycles. The Morgan fingerprint density at radius 2 is 2.38 bits per heavy atom. The molecule has 2 rings (SSSR count). The second-order valence-corrected chi connectivity index (χ2v) is 3.01. The van der Waals surface area contributed by atoms with Gasteiger partial charge in [-0.3, -0.25) is 0 Å². The van der Waals surface area contributed by atoms with Crippen LogP contribution in [0, 0.1) is 12.3 Å². The first-order chi connectivity index (χ1) is 6.40. The molecule has 1 unspecified atom stereocenters. The fourth-order valence-electron chi connectivity index (χ4n) is 1.51. The average Bonchev–Trinajstić information content (AvgIpc) is 2.57.